The lowest BCUT2D eigenvalue weighted by Crippen LogP contribution is -2.23. The van der Waals surface area contributed by atoms with E-state index in [1.165, 1.54) is 16.3 Å². The van der Waals surface area contributed by atoms with Gasteiger partial charge in [-0.1, -0.05) is 48.5 Å². The van der Waals surface area contributed by atoms with Crippen molar-refractivity contribution in [1.29, 1.82) is 0 Å². The maximum Gasteiger partial charge on any atom is 0.240 e. The predicted molar refractivity (Wildman–Crippen MR) is 93.2 cm³/mol. The Morgan fingerprint density at radius 2 is 1.87 bits per heavy atom. The van der Waals surface area contributed by atoms with Crippen molar-refractivity contribution in [2.45, 2.75) is 26.6 Å². The molecule has 2 N–H and O–H groups in total. The maximum atomic E-state index is 5.49. The molecule has 1 heterocycles. The molecule has 3 rings (SSSR count). The monoisotopic (exact) mass is 332 g/mol. The van der Waals surface area contributed by atoms with Crippen molar-refractivity contribution in [3.63, 3.8) is 0 Å². The Balaban J connectivity index is 0.00000192. The van der Waals surface area contributed by atoms with Crippen LogP contribution >= 0.6 is 12.4 Å². The molecule has 2 aromatic carbocycles. The molecule has 0 atom stereocenters. The van der Waals surface area contributed by atoms with Gasteiger partial charge in [0.15, 0.2) is 5.82 Å². The summed E-state index contributed by atoms with van der Waals surface area (Å²) < 4.78 is 5.05. The molecule has 0 aliphatic carbocycles. The first-order valence-corrected chi connectivity index (χ1v) is 7.50. The molecule has 0 radical (unpaired) electrons. The Morgan fingerprint density at radius 1 is 1.09 bits per heavy atom. The minimum absolute atomic E-state index is 0. The van der Waals surface area contributed by atoms with Gasteiger partial charge in [-0.15, -0.1) is 12.4 Å². The van der Waals surface area contributed by atoms with Crippen molar-refractivity contribution in [2.75, 3.05) is 6.54 Å². The van der Waals surface area contributed by atoms with E-state index in [0.29, 0.717) is 18.3 Å². The lowest BCUT2D eigenvalue weighted by molar-refractivity contribution is 0.259. The molecular weight excluding hydrogens is 312 g/mol. The van der Waals surface area contributed by atoms with Crippen molar-refractivity contribution in [3.05, 3.63) is 59.7 Å². The van der Waals surface area contributed by atoms with Crippen molar-refractivity contribution in [3.8, 4) is 0 Å². The highest BCUT2D eigenvalue weighted by molar-refractivity contribution is 5.85. The number of rotatable bonds is 6. The van der Waals surface area contributed by atoms with Gasteiger partial charge in [0, 0.05) is 6.54 Å². The van der Waals surface area contributed by atoms with Gasteiger partial charge in [0.05, 0.1) is 13.1 Å². The Kier molecular flexibility index (Phi) is 6.10. The third-order valence-electron chi connectivity index (χ3n) is 3.72. The number of nitrogens with zero attached hydrogens (tertiary/aromatic N) is 3. The Hall–Kier alpha value is -1.95. The van der Waals surface area contributed by atoms with Crippen molar-refractivity contribution >= 4 is 23.2 Å². The molecule has 6 heteroatoms. The molecule has 0 bridgehead atoms. The standard InChI is InChI=1S/C17H20N4O.ClH/c1-2-21(12-16-19-17(10-18)22-20-16)11-13-7-8-14-5-3-4-6-15(14)9-13;/h3-9H,2,10-12,18H2,1H3;1H. The lowest BCUT2D eigenvalue weighted by Gasteiger charge is -2.18. The molecule has 0 spiro atoms. The molecule has 122 valence electrons. The van der Waals surface area contributed by atoms with Crippen LogP contribution in [0.2, 0.25) is 0 Å². The maximum absolute atomic E-state index is 5.49. The molecule has 1 aromatic heterocycles. The number of fused-ring (bicyclic) bond motifs is 1. The molecular formula is C17H21ClN4O. The first-order valence-electron chi connectivity index (χ1n) is 7.50. The van der Waals surface area contributed by atoms with E-state index in [-0.39, 0.29) is 19.0 Å². The summed E-state index contributed by atoms with van der Waals surface area (Å²) in [4.78, 5) is 6.54. The highest BCUT2D eigenvalue weighted by Gasteiger charge is 2.10. The SMILES string of the molecule is CCN(Cc1ccc2ccccc2c1)Cc1noc(CN)n1.Cl. The normalized spacial score (nSPS) is 10.9. The van der Waals surface area contributed by atoms with Crippen LogP contribution in [-0.4, -0.2) is 21.6 Å². The van der Waals surface area contributed by atoms with Crippen LogP contribution in [0.4, 0.5) is 0 Å². The van der Waals surface area contributed by atoms with Crippen LogP contribution in [-0.2, 0) is 19.6 Å². The smallest absolute Gasteiger partial charge is 0.240 e. The summed E-state index contributed by atoms with van der Waals surface area (Å²) in [6.45, 7) is 4.84. The molecule has 0 saturated carbocycles. The third kappa shape index (κ3) is 4.28. The molecule has 5 nitrogen and oxygen atoms in total. The van der Waals surface area contributed by atoms with Gasteiger partial charge < -0.3 is 10.3 Å². The fourth-order valence-electron chi connectivity index (χ4n) is 2.51. The minimum atomic E-state index is 0. The van der Waals surface area contributed by atoms with Crippen LogP contribution in [0, 0.1) is 0 Å². The van der Waals surface area contributed by atoms with Crippen LogP contribution in [0.25, 0.3) is 10.8 Å². The van der Waals surface area contributed by atoms with E-state index in [1.807, 2.05) is 0 Å². The zero-order chi connectivity index (χ0) is 15.4. The first kappa shape index (κ1) is 17.4. The summed E-state index contributed by atoms with van der Waals surface area (Å²) >= 11 is 0. The average molecular weight is 333 g/mol. The highest BCUT2D eigenvalue weighted by atomic mass is 35.5. The quantitative estimate of drug-likeness (QED) is 0.751. The molecule has 0 fully saturated rings. The summed E-state index contributed by atoms with van der Waals surface area (Å²) in [5.41, 5.74) is 6.77. The molecule has 0 aliphatic heterocycles. The van der Waals surface area contributed by atoms with Gasteiger partial charge in [-0.05, 0) is 28.9 Å². The summed E-state index contributed by atoms with van der Waals surface area (Å²) in [5.74, 6) is 1.17. The van der Waals surface area contributed by atoms with E-state index >= 15 is 0 Å². The fraction of sp³-hybridized carbons (Fsp3) is 0.294. The van der Waals surface area contributed by atoms with Gasteiger partial charge in [-0.2, -0.15) is 4.98 Å². The van der Waals surface area contributed by atoms with E-state index in [2.05, 4.69) is 64.4 Å². The van der Waals surface area contributed by atoms with Crippen LogP contribution < -0.4 is 5.73 Å². The molecule has 0 saturated heterocycles. The second-order valence-electron chi connectivity index (χ2n) is 5.29. The number of aromatic nitrogens is 2. The highest BCUT2D eigenvalue weighted by Crippen LogP contribution is 2.17. The van der Waals surface area contributed by atoms with Crippen molar-refractivity contribution in [2.24, 2.45) is 5.73 Å². The van der Waals surface area contributed by atoms with Crippen molar-refractivity contribution in [1.82, 2.24) is 15.0 Å². The zero-order valence-electron chi connectivity index (χ0n) is 13.1. The van der Waals surface area contributed by atoms with Gasteiger partial charge in [0.25, 0.3) is 0 Å². The topological polar surface area (TPSA) is 68.2 Å². The lowest BCUT2D eigenvalue weighted by atomic mass is 10.1. The van der Waals surface area contributed by atoms with Gasteiger partial charge in [-0.25, -0.2) is 0 Å². The predicted octanol–water partition coefficient (Wildman–Crippen LogP) is 3.13. The molecule has 0 aliphatic rings. The van der Waals surface area contributed by atoms with Crippen LogP contribution in [0.3, 0.4) is 0 Å². The second kappa shape index (κ2) is 8.06. The average Bonchev–Trinajstić information content (AvgIpc) is 3.01. The Morgan fingerprint density at radius 3 is 2.57 bits per heavy atom. The third-order valence-corrected chi connectivity index (χ3v) is 3.72. The Labute approximate surface area is 141 Å². The minimum Gasteiger partial charge on any atom is -0.338 e. The van der Waals surface area contributed by atoms with E-state index in [9.17, 15) is 0 Å². The van der Waals surface area contributed by atoms with Crippen LogP contribution in [0.1, 0.15) is 24.2 Å². The van der Waals surface area contributed by atoms with E-state index in [4.69, 9.17) is 10.3 Å². The number of hydrogen-bond acceptors (Lipinski definition) is 5. The largest absolute Gasteiger partial charge is 0.338 e. The summed E-state index contributed by atoms with van der Waals surface area (Å²) in [5, 5.41) is 6.49. The Bertz CT molecular complexity index is 759. The fourth-order valence-corrected chi connectivity index (χ4v) is 2.51. The van der Waals surface area contributed by atoms with E-state index in [0.717, 1.165) is 13.1 Å². The van der Waals surface area contributed by atoms with Crippen LogP contribution in [0.15, 0.2) is 47.0 Å². The molecule has 3 aromatic rings. The number of benzene rings is 2. The number of nitrogens with two attached hydrogens (primary N) is 1. The molecule has 23 heavy (non-hydrogen) atoms. The number of halogens is 1. The van der Waals surface area contributed by atoms with Gasteiger partial charge in [0.2, 0.25) is 5.89 Å². The summed E-state index contributed by atoms with van der Waals surface area (Å²) in [6, 6.07) is 15.0. The van der Waals surface area contributed by atoms with Gasteiger partial charge in [0.1, 0.15) is 0 Å². The summed E-state index contributed by atoms with van der Waals surface area (Å²) in [6.07, 6.45) is 0. The van der Waals surface area contributed by atoms with Gasteiger partial charge >= 0.3 is 0 Å². The number of hydrogen-bond donors (Lipinski definition) is 1. The molecule has 0 amide bonds. The van der Waals surface area contributed by atoms with Crippen LogP contribution in [0.5, 0.6) is 0 Å². The van der Waals surface area contributed by atoms with Gasteiger partial charge in [-0.3, -0.25) is 4.90 Å². The zero-order valence-corrected chi connectivity index (χ0v) is 13.9. The van der Waals surface area contributed by atoms with E-state index in [1.54, 1.807) is 0 Å². The van der Waals surface area contributed by atoms with E-state index < -0.39 is 0 Å². The molecule has 0 unspecified atom stereocenters. The second-order valence-corrected chi connectivity index (χ2v) is 5.29. The summed E-state index contributed by atoms with van der Waals surface area (Å²) in [7, 11) is 0. The first-order chi connectivity index (χ1) is 10.8. The van der Waals surface area contributed by atoms with Crippen molar-refractivity contribution < 1.29 is 4.52 Å².